The van der Waals surface area contributed by atoms with E-state index in [4.69, 9.17) is 5.11 Å². The van der Waals surface area contributed by atoms with Crippen LogP contribution in [0.2, 0.25) is 0 Å². The Hall–Kier alpha value is -2.75. The molecule has 0 aliphatic heterocycles. The van der Waals surface area contributed by atoms with Crippen LogP contribution in [0.25, 0.3) is 0 Å². The zero-order chi connectivity index (χ0) is 19.2. The van der Waals surface area contributed by atoms with Crippen molar-refractivity contribution in [2.75, 3.05) is 25.6 Å². The number of nitro benzene ring substituents is 2. The summed E-state index contributed by atoms with van der Waals surface area (Å²) < 4.78 is 4.59. The number of esters is 1. The Morgan fingerprint density at radius 3 is 2.40 bits per heavy atom. The number of non-ortho nitro benzene ring substituents is 1. The summed E-state index contributed by atoms with van der Waals surface area (Å²) in [5.41, 5.74) is -1.88. The molecule has 0 saturated heterocycles. The van der Waals surface area contributed by atoms with E-state index in [0.29, 0.717) is 12.8 Å². The maximum atomic E-state index is 11.9. The van der Waals surface area contributed by atoms with Gasteiger partial charge in [-0.25, -0.2) is 4.79 Å². The van der Waals surface area contributed by atoms with Crippen molar-refractivity contribution in [3.8, 4) is 0 Å². The quantitative estimate of drug-likeness (QED) is 0.390. The summed E-state index contributed by atoms with van der Waals surface area (Å²) in [6, 6.07) is 1.75. The Kier molecular flexibility index (Phi) is 6.80. The number of rotatable bonds is 9. The molecule has 0 saturated carbocycles. The largest absolute Gasteiger partial charge is 0.465 e. The lowest BCUT2D eigenvalue weighted by molar-refractivity contribution is -0.393. The number of nitrogens with one attached hydrogen (secondary N) is 1. The van der Waals surface area contributed by atoms with Gasteiger partial charge in [0.2, 0.25) is 0 Å². The molecule has 1 aromatic rings. The lowest BCUT2D eigenvalue weighted by Gasteiger charge is -2.25. The highest BCUT2D eigenvalue weighted by atomic mass is 16.6. The molecule has 0 aliphatic rings. The van der Waals surface area contributed by atoms with Gasteiger partial charge in [-0.05, 0) is 18.3 Å². The van der Waals surface area contributed by atoms with Crippen LogP contribution >= 0.6 is 0 Å². The average molecular weight is 355 g/mol. The molecule has 0 aliphatic carbocycles. The number of aliphatic hydroxyl groups excluding tert-OH is 1. The normalized spacial score (nSPS) is 11.0. The number of anilines is 1. The van der Waals surface area contributed by atoms with E-state index in [-0.39, 0.29) is 29.8 Å². The fourth-order valence-electron chi connectivity index (χ4n) is 2.29. The Labute approximate surface area is 144 Å². The van der Waals surface area contributed by atoms with Gasteiger partial charge in [-0.3, -0.25) is 20.2 Å². The minimum atomic E-state index is -0.914. The van der Waals surface area contributed by atoms with E-state index < -0.39 is 27.2 Å². The molecule has 0 amide bonds. The molecule has 0 bridgehead atoms. The molecule has 0 heterocycles. The summed E-state index contributed by atoms with van der Waals surface area (Å²) >= 11 is 0. The summed E-state index contributed by atoms with van der Waals surface area (Å²) in [6.07, 6.45) is 1.20. The predicted octanol–water partition coefficient (Wildman–Crippen LogP) is 2.50. The average Bonchev–Trinajstić information content (AvgIpc) is 2.56. The van der Waals surface area contributed by atoms with E-state index in [0.717, 1.165) is 19.2 Å². The first-order valence-corrected chi connectivity index (χ1v) is 7.53. The van der Waals surface area contributed by atoms with Gasteiger partial charge >= 0.3 is 5.97 Å². The van der Waals surface area contributed by atoms with Crippen molar-refractivity contribution in [1.29, 1.82) is 0 Å². The van der Waals surface area contributed by atoms with Gasteiger partial charge in [0, 0.05) is 19.2 Å². The van der Waals surface area contributed by atoms with Gasteiger partial charge in [-0.15, -0.1) is 0 Å². The lowest BCUT2D eigenvalue weighted by atomic mass is 9.87. The molecular formula is C15H21N3O7. The second-order valence-electron chi connectivity index (χ2n) is 6.24. The first kappa shape index (κ1) is 20.3. The van der Waals surface area contributed by atoms with Crippen LogP contribution in [0.1, 0.15) is 37.0 Å². The molecule has 10 heteroatoms. The van der Waals surface area contributed by atoms with Crippen LogP contribution < -0.4 is 5.32 Å². The van der Waals surface area contributed by atoms with Crippen LogP contribution in [0.4, 0.5) is 17.1 Å². The Bertz CT molecular complexity index is 673. The number of methoxy groups -OCH3 is 1. The topological polar surface area (TPSA) is 145 Å². The van der Waals surface area contributed by atoms with E-state index in [1.807, 2.05) is 13.8 Å². The van der Waals surface area contributed by atoms with Gasteiger partial charge in [-0.2, -0.15) is 0 Å². The number of nitrogens with zero attached hydrogens (tertiary/aromatic N) is 2. The zero-order valence-corrected chi connectivity index (χ0v) is 14.3. The van der Waals surface area contributed by atoms with E-state index in [9.17, 15) is 25.0 Å². The standard InChI is InChI=1S/C15H21N3O7/c1-15(2,5-4-6-19)9-16-13-11(14(20)25-3)7-10(17(21)22)8-12(13)18(23)24/h7-8,16,19H,4-6,9H2,1-3H3. The fraction of sp³-hybridized carbons (Fsp3) is 0.533. The minimum Gasteiger partial charge on any atom is -0.465 e. The van der Waals surface area contributed by atoms with Gasteiger partial charge in [0.1, 0.15) is 5.69 Å². The van der Waals surface area contributed by atoms with Crippen molar-refractivity contribution in [2.24, 2.45) is 5.41 Å². The van der Waals surface area contributed by atoms with Gasteiger partial charge in [0.05, 0.1) is 28.6 Å². The molecular weight excluding hydrogens is 334 g/mol. The number of nitro groups is 2. The minimum absolute atomic E-state index is 0.0223. The molecule has 0 unspecified atom stereocenters. The number of hydrogen-bond donors (Lipinski definition) is 2. The first-order valence-electron chi connectivity index (χ1n) is 7.53. The molecule has 2 N–H and O–H groups in total. The fourth-order valence-corrected chi connectivity index (χ4v) is 2.29. The van der Waals surface area contributed by atoms with Gasteiger partial charge < -0.3 is 15.2 Å². The van der Waals surface area contributed by atoms with Crippen LogP contribution in [0, 0.1) is 25.6 Å². The number of benzene rings is 1. The Morgan fingerprint density at radius 2 is 1.92 bits per heavy atom. The molecule has 1 aromatic carbocycles. The lowest BCUT2D eigenvalue weighted by Crippen LogP contribution is -2.25. The SMILES string of the molecule is COC(=O)c1cc([N+](=O)[O-])cc([N+](=O)[O-])c1NCC(C)(C)CCCO. The highest BCUT2D eigenvalue weighted by Gasteiger charge is 2.29. The highest BCUT2D eigenvalue weighted by molar-refractivity contribution is 5.99. The van der Waals surface area contributed by atoms with Gasteiger partial charge in [-0.1, -0.05) is 13.8 Å². The third-order valence-electron chi connectivity index (χ3n) is 3.67. The van der Waals surface area contributed by atoms with Gasteiger partial charge in [0.15, 0.2) is 0 Å². The zero-order valence-electron chi connectivity index (χ0n) is 14.3. The molecule has 0 fully saturated rings. The second-order valence-corrected chi connectivity index (χ2v) is 6.24. The van der Waals surface area contributed by atoms with Crippen molar-refractivity contribution >= 4 is 23.0 Å². The van der Waals surface area contributed by atoms with Crippen LogP contribution in [-0.4, -0.2) is 41.2 Å². The van der Waals surface area contributed by atoms with Crippen molar-refractivity contribution < 1.29 is 24.5 Å². The van der Waals surface area contributed by atoms with Gasteiger partial charge in [0.25, 0.3) is 11.4 Å². The number of carbonyl (C=O) groups excluding carboxylic acids is 1. The molecule has 25 heavy (non-hydrogen) atoms. The molecule has 0 spiro atoms. The molecule has 1 rings (SSSR count). The molecule has 10 nitrogen and oxygen atoms in total. The molecule has 138 valence electrons. The summed E-state index contributed by atoms with van der Waals surface area (Å²) in [5.74, 6) is -0.914. The summed E-state index contributed by atoms with van der Waals surface area (Å²) in [6.45, 7) is 4.07. The van der Waals surface area contributed by atoms with Crippen LogP contribution in [-0.2, 0) is 4.74 Å². The monoisotopic (exact) mass is 355 g/mol. The first-order chi connectivity index (χ1) is 11.6. The smallest absolute Gasteiger partial charge is 0.340 e. The van der Waals surface area contributed by atoms with E-state index in [1.165, 1.54) is 0 Å². The third kappa shape index (κ3) is 5.38. The maximum Gasteiger partial charge on any atom is 0.340 e. The Balaban J connectivity index is 3.32. The van der Waals surface area contributed by atoms with Crippen molar-refractivity contribution in [1.82, 2.24) is 0 Å². The number of hydrogen-bond acceptors (Lipinski definition) is 8. The van der Waals surface area contributed by atoms with E-state index in [2.05, 4.69) is 10.1 Å². The second kappa shape index (κ2) is 8.38. The third-order valence-corrected chi connectivity index (χ3v) is 3.67. The predicted molar refractivity (Wildman–Crippen MR) is 89.7 cm³/mol. The molecule has 0 radical (unpaired) electrons. The Morgan fingerprint density at radius 1 is 1.28 bits per heavy atom. The number of ether oxygens (including phenoxy) is 1. The van der Waals surface area contributed by atoms with Crippen molar-refractivity contribution in [3.05, 3.63) is 37.9 Å². The van der Waals surface area contributed by atoms with E-state index >= 15 is 0 Å². The molecule has 0 atom stereocenters. The molecule has 0 aromatic heterocycles. The summed E-state index contributed by atoms with van der Waals surface area (Å²) in [7, 11) is 1.09. The number of carbonyl (C=O) groups is 1. The highest BCUT2D eigenvalue weighted by Crippen LogP contribution is 2.35. The summed E-state index contributed by atoms with van der Waals surface area (Å²) in [4.78, 5) is 32.6. The van der Waals surface area contributed by atoms with Crippen LogP contribution in [0.3, 0.4) is 0 Å². The van der Waals surface area contributed by atoms with Crippen LogP contribution in [0.15, 0.2) is 12.1 Å². The maximum absolute atomic E-state index is 11.9. The number of aliphatic hydroxyl groups is 1. The van der Waals surface area contributed by atoms with Crippen molar-refractivity contribution in [2.45, 2.75) is 26.7 Å². The van der Waals surface area contributed by atoms with E-state index in [1.54, 1.807) is 0 Å². The summed E-state index contributed by atoms with van der Waals surface area (Å²) in [5, 5.41) is 34.1. The van der Waals surface area contributed by atoms with Crippen molar-refractivity contribution in [3.63, 3.8) is 0 Å². The van der Waals surface area contributed by atoms with Crippen LogP contribution in [0.5, 0.6) is 0 Å².